The first-order chi connectivity index (χ1) is 25.1. The number of carbonyl (C=O) groups is 3. The average molecular weight is 712 g/mol. The van der Waals surface area contributed by atoms with Crippen molar-refractivity contribution < 1.29 is 48.3 Å². The van der Waals surface area contributed by atoms with Crippen LogP contribution in [0.5, 0.6) is 5.88 Å². The van der Waals surface area contributed by atoms with Crippen molar-refractivity contribution in [2.24, 2.45) is 0 Å². The fraction of sp³-hybridized carbons (Fsp3) is 0.351. The number of nitrogens with zero attached hydrogens (tertiary/aromatic N) is 4. The second kappa shape index (κ2) is 14.2. The molecule has 270 valence electrons. The summed E-state index contributed by atoms with van der Waals surface area (Å²) in [6.07, 6.45) is -2.93. The molecule has 3 N–H and O–H groups in total. The van der Waals surface area contributed by atoms with Gasteiger partial charge in [0.05, 0.1) is 25.1 Å². The molecule has 3 heterocycles. The first kappa shape index (κ1) is 34.8. The van der Waals surface area contributed by atoms with Gasteiger partial charge in [-0.1, -0.05) is 61.2 Å². The number of carbonyl (C=O) groups excluding carboxylic acids is 3. The number of aromatic nitrogens is 4. The predicted octanol–water partition coefficient (Wildman–Crippen LogP) is 3.97. The largest absolute Gasteiger partial charge is 0.472 e. The third kappa shape index (κ3) is 6.38. The second-order valence-corrected chi connectivity index (χ2v) is 12.6. The van der Waals surface area contributed by atoms with E-state index in [1.54, 1.807) is 16.7 Å². The monoisotopic (exact) mass is 711 g/mol. The minimum atomic E-state index is -1.28. The third-order valence-corrected chi connectivity index (χ3v) is 9.16. The SMILES string of the molecule is C=CCOc1nc(N[C@@H]2c3c(ccc4ccc5ccccc5c34)[C@H](OC(C)=O)[C@@H](OC(C)=O)[C@H]2OC(C)=O)nc2c1ncn2[C@H]1C[C@H](O)[C@@H](CO)O1. The Morgan fingerprint density at radius 3 is 2.40 bits per heavy atom. The molecule has 7 rings (SSSR count). The highest BCUT2D eigenvalue weighted by Crippen LogP contribution is 2.48. The zero-order chi connectivity index (χ0) is 36.7. The Morgan fingerprint density at radius 1 is 0.981 bits per heavy atom. The topological polar surface area (TPSA) is 193 Å². The average Bonchev–Trinajstić information content (AvgIpc) is 3.71. The van der Waals surface area contributed by atoms with Crippen LogP contribution in [0.1, 0.15) is 56.7 Å². The summed E-state index contributed by atoms with van der Waals surface area (Å²) in [5.74, 6) is -1.88. The van der Waals surface area contributed by atoms with Gasteiger partial charge in [-0.25, -0.2) is 4.98 Å². The third-order valence-electron chi connectivity index (χ3n) is 9.16. The number of esters is 3. The van der Waals surface area contributed by atoms with Gasteiger partial charge in [0.2, 0.25) is 11.8 Å². The molecule has 0 bridgehead atoms. The molecule has 1 saturated heterocycles. The summed E-state index contributed by atoms with van der Waals surface area (Å²) in [6, 6.07) is 14.4. The minimum Gasteiger partial charge on any atom is -0.472 e. The lowest BCUT2D eigenvalue weighted by Crippen LogP contribution is -2.50. The number of hydrogen-bond acceptors (Lipinski definition) is 14. The van der Waals surface area contributed by atoms with Gasteiger partial charge in [0.1, 0.15) is 18.9 Å². The summed E-state index contributed by atoms with van der Waals surface area (Å²) >= 11 is 0. The number of benzene rings is 3. The number of imidazole rings is 1. The number of anilines is 1. The Kier molecular flexibility index (Phi) is 9.48. The Hall–Kier alpha value is -5.64. The smallest absolute Gasteiger partial charge is 0.303 e. The van der Waals surface area contributed by atoms with Crippen LogP contribution in [0.2, 0.25) is 0 Å². The van der Waals surface area contributed by atoms with E-state index in [1.165, 1.54) is 27.1 Å². The fourth-order valence-corrected chi connectivity index (χ4v) is 7.13. The van der Waals surface area contributed by atoms with E-state index < -0.39 is 60.7 Å². The molecular formula is C37H37N5O10. The normalized spacial score (nSPS) is 24.0. The molecule has 15 nitrogen and oxygen atoms in total. The Morgan fingerprint density at radius 2 is 1.69 bits per heavy atom. The summed E-state index contributed by atoms with van der Waals surface area (Å²) in [7, 11) is 0. The predicted molar refractivity (Wildman–Crippen MR) is 186 cm³/mol. The lowest BCUT2D eigenvalue weighted by Gasteiger charge is -2.42. The number of rotatable bonds is 10. The van der Waals surface area contributed by atoms with Crippen LogP contribution in [0, 0.1) is 0 Å². The molecule has 1 fully saturated rings. The maximum absolute atomic E-state index is 12.8. The van der Waals surface area contributed by atoms with Crippen LogP contribution in [-0.4, -0.2) is 85.3 Å². The van der Waals surface area contributed by atoms with Crippen LogP contribution in [0.4, 0.5) is 5.95 Å². The van der Waals surface area contributed by atoms with Crippen molar-refractivity contribution in [2.75, 3.05) is 18.5 Å². The summed E-state index contributed by atoms with van der Waals surface area (Å²) in [5, 5.41) is 27.0. The fourth-order valence-electron chi connectivity index (χ4n) is 7.13. The lowest BCUT2D eigenvalue weighted by atomic mass is 9.77. The maximum Gasteiger partial charge on any atom is 0.303 e. The van der Waals surface area contributed by atoms with Crippen LogP contribution < -0.4 is 10.1 Å². The van der Waals surface area contributed by atoms with Crippen molar-refractivity contribution in [1.29, 1.82) is 0 Å². The molecule has 0 spiro atoms. The van der Waals surface area contributed by atoms with Gasteiger partial charge in [-0.15, -0.1) is 0 Å². The van der Waals surface area contributed by atoms with Crippen molar-refractivity contribution in [1.82, 2.24) is 19.5 Å². The molecule has 7 atom stereocenters. The minimum absolute atomic E-state index is 0.0171. The van der Waals surface area contributed by atoms with E-state index in [4.69, 9.17) is 28.7 Å². The molecular weight excluding hydrogens is 674 g/mol. The highest BCUT2D eigenvalue weighted by atomic mass is 16.6. The van der Waals surface area contributed by atoms with E-state index >= 15 is 0 Å². The molecule has 15 heteroatoms. The highest BCUT2D eigenvalue weighted by molar-refractivity contribution is 6.10. The van der Waals surface area contributed by atoms with Crippen molar-refractivity contribution in [2.45, 2.75) is 70.0 Å². The van der Waals surface area contributed by atoms with Gasteiger partial charge in [0, 0.05) is 32.8 Å². The van der Waals surface area contributed by atoms with E-state index in [-0.39, 0.29) is 37.1 Å². The number of aliphatic hydroxyl groups is 2. The lowest BCUT2D eigenvalue weighted by molar-refractivity contribution is -0.187. The molecule has 1 aliphatic heterocycles. The van der Waals surface area contributed by atoms with Gasteiger partial charge in [0.25, 0.3) is 0 Å². The van der Waals surface area contributed by atoms with Gasteiger partial charge < -0.3 is 39.2 Å². The zero-order valence-electron chi connectivity index (χ0n) is 28.6. The molecule has 2 aromatic heterocycles. The van der Waals surface area contributed by atoms with Crippen molar-refractivity contribution in [3.8, 4) is 5.88 Å². The number of fused-ring (bicyclic) bond motifs is 6. The highest BCUT2D eigenvalue weighted by Gasteiger charge is 2.50. The molecule has 0 amide bonds. The zero-order valence-corrected chi connectivity index (χ0v) is 28.6. The first-order valence-corrected chi connectivity index (χ1v) is 16.7. The Balaban J connectivity index is 1.47. The molecule has 1 aliphatic carbocycles. The number of nitrogens with one attached hydrogen (secondary N) is 1. The molecule has 2 aliphatic rings. The van der Waals surface area contributed by atoms with Crippen molar-refractivity contribution >= 4 is 56.6 Å². The molecule has 52 heavy (non-hydrogen) atoms. The van der Waals surface area contributed by atoms with Crippen molar-refractivity contribution in [3.05, 3.63) is 78.6 Å². The van der Waals surface area contributed by atoms with E-state index in [1.807, 2.05) is 42.5 Å². The Labute approximate surface area is 297 Å². The van der Waals surface area contributed by atoms with Gasteiger partial charge in [-0.2, -0.15) is 9.97 Å². The van der Waals surface area contributed by atoms with Gasteiger partial charge in [-0.3, -0.25) is 19.0 Å². The van der Waals surface area contributed by atoms with Gasteiger partial charge in [0.15, 0.2) is 29.5 Å². The van der Waals surface area contributed by atoms with E-state index in [2.05, 4.69) is 21.9 Å². The summed E-state index contributed by atoms with van der Waals surface area (Å²) in [5.41, 5.74) is 1.70. The molecule has 0 radical (unpaired) electrons. The van der Waals surface area contributed by atoms with Crippen LogP contribution >= 0.6 is 0 Å². The number of aliphatic hydroxyl groups excluding tert-OH is 2. The van der Waals surface area contributed by atoms with Gasteiger partial charge in [-0.05, 0) is 27.1 Å². The standard InChI is InChI=1S/C37H37N5O10/c1-5-14-48-36-31-35(42(17-38-31)27-15-25(47)26(16-43)52-27)40-37(41-36)39-30-29-24(13-12-22-11-10-21-8-6-7-9-23(21)28(22)29)32(49-18(2)44)34(51-20(4)46)33(30)50-19(3)45/h5-13,17,25-27,30,32-34,43,47H,1,14-16H2,2-4H3,(H,39,40,41)/t25-,26+,27+,30+,32-,33-,34+/m0/s1. The molecule has 3 aromatic carbocycles. The number of hydrogen-bond donors (Lipinski definition) is 3. The molecule has 0 unspecified atom stereocenters. The quantitative estimate of drug-likeness (QED) is 0.0815. The molecule has 0 saturated carbocycles. The summed E-state index contributed by atoms with van der Waals surface area (Å²) in [4.78, 5) is 52.0. The van der Waals surface area contributed by atoms with E-state index in [0.29, 0.717) is 16.6 Å². The number of ether oxygens (including phenoxy) is 5. The Bertz CT molecular complexity index is 2200. The van der Waals surface area contributed by atoms with E-state index in [0.717, 1.165) is 21.5 Å². The van der Waals surface area contributed by atoms with Crippen LogP contribution in [-0.2, 0) is 33.3 Å². The summed E-state index contributed by atoms with van der Waals surface area (Å²) < 4.78 is 31.1. The second-order valence-electron chi connectivity index (χ2n) is 12.6. The van der Waals surface area contributed by atoms with Crippen molar-refractivity contribution in [3.63, 3.8) is 0 Å². The molecule has 5 aromatic rings. The van der Waals surface area contributed by atoms with Crippen LogP contribution in [0.25, 0.3) is 32.7 Å². The van der Waals surface area contributed by atoms with Crippen LogP contribution in [0.3, 0.4) is 0 Å². The summed E-state index contributed by atoms with van der Waals surface area (Å²) in [6.45, 7) is 7.14. The maximum atomic E-state index is 12.8. The first-order valence-electron chi connectivity index (χ1n) is 16.7. The van der Waals surface area contributed by atoms with Crippen LogP contribution in [0.15, 0.2) is 67.5 Å². The van der Waals surface area contributed by atoms with Gasteiger partial charge >= 0.3 is 17.9 Å². The van der Waals surface area contributed by atoms with E-state index in [9.17, 15) is 24.6 Å².